The van der Waals surface area contributed by atoms with E-state index in [0.29, 0.717) is 13.0 Å². The van der Waals surface area contributed by atoms with Crippen molar-refractivity contribution < 1.29 is 12.7 Å². The minimum Gasteiger partial charge on any atom is -0.198 e. The molecule has 14 heavy (non-hydrogen) atoms. The second-order valence-corrected chi connectivity index (χ2v) is 4.99. The Morgan fingerprint density at radius 3 is 2.36 bits per heavy atom. The van der Waals surface area contributed by atoms with Crippen LogP contribution in [0.2, 0.25) is 0 Å². The summed E-state index contributed by atoms with van der Waals surface area (Å²) in [4.78, 5) is 0. The van der Waals surface area contributed by atoms with E-state index in [0.717, 1.165) is 12.8 Å². The third kappa shape index (κ3) is 8.47. The van der Waals surface area contributed by atoms with Crippen LogP contribution in [0.1, 0.15) is 46.0 Å². The Hall–Kier alpha value is -0.130. The molecule has 0 rings (SSSR count). The van der Waals surface area contributed by atoms with Gasteiger partial charge in [-0.2, -0.15) is 18.2 Å². The molecule has 1 N–H and O–H groups in total. The summed E-state index contributed by atoms with van der Waals surface area (Å²) in [5, 5.41) is 0. The zero-order valence-corrected chi connectivity index (χ0v) is 9.90. The van der Waals surface area contributed by atoms with Crippen LogP contribution in [0.5, 0.6) is 0 Å². The van der Waals surface area contributed by atoms with Crippen LogP contribution in [0.3, 0.4) is 0 Å². The molecule has 4 nitrogen and oxygen atoms in total. The summed E-state index contributed by atoms with van der Waals surface area (Å²) >= 11 is 0. The van der Waals surface area contributed by atoms with Gasteiger partial charge in [-0.25, -0.2) is 0 Å². The first-order valence-corrected chi connectivity index (χ1v) is 6.84. The molecule has 0 aliphatic rings. The van der Waals surface area contributed by atoms with Crippen LogP contribution < -0.4 is 5.48 Å². The van der Waals surface area contributed by atoms with E-state index in [2.05, 4.69) is 16.7 Å². The molecular weight excluding hydrogens is 202 g/mol. The Kier molecular flexibility index (Phi) is 8.12. The maximum Gasteiger partial charge on any atom is 0.283 e. The molecule has 0 bridgehead atoms. The Labute approximate surface area is 87.1 Å². The Balaban J connectivity index is 3.35. The number of nitrogens with one attached hydrogen (secondary N) is 1. The highest BCUT2D eigenvalue weighted by molar-refractivity contribution is 7.86. The van der Waals surface area contributed by atoms with Crippen molar-refractivity contribution in [2.75, 3.05) is 12.3 Å². The van der Waals surface area contributed by atoms with Gasteiger partial charge in [-0.15, -0.1) is 0 Å². The van der Waals surface area contributed by atoms with E-state index in [1.54, 1.807) is 0 Å². The normalized spacial score (nSPS) is 11.9. The van der Waals surface area contributed by atoms with E-state index in [9.17, 15) is 8.42 Å². The van der Waals surface area contributed by atoms with Crippen LogP contribution in [-0.4, -0.2) is 20.7 Å². The molecule has 0 aromatic heterocycles. The van der Waals surface area contributed by atoms with Gasteiger partial charge in [0.25, 0.3) is 10.1 Å². The van der Waals surface area contributed by atoms with E-state index in [1.165, 1.54) is 12.8 Å². The first-order chi connectivity index (χ1) is 6.62. The van der Waals surface area contributed by atoms with Crippen molar-refractivity contribution >= 4 is 10.1 Å². The SMILES string of the molecule is CCCCCCNOS(=O)(=O)CCC. The third-order valence-electron chi connectivity index (χ3n) is 1.77. The molecule has 0 atom stereocenters. The third-order valence-corrected chi connectivity index (χ3v) is 3.05. The maximum atomic E-state index is 11.0. The lowest BCUT2D eigenvalue weighted by atomic mass is 10.2. The first kappa shape index (κ1) is 13.9. The van der Waals surface area contributed by atoms with E-state index in [-0.39, 0.29) is 5.75 Å². The molecule has 0 radical (unpaired) electrons. The van der Waals surface area contributed by atoms with Gasteiger partial charge in [0.15, 0.2) is 0 Å². The molecule has 0 saturated carbocycles. The summed E-state index contributed by atoms with van der Waals surface area (Å²) in [6, 6.07) is 0. The lowest BCUT2D eigenvalue weighted by Gasteiger charge is -2.04. The van der Waals surface area contributed by atoms with Crippen LogP contribution in [0.4, 0.5) is 0 Å². The van der Waals surface area contributed by atoms with Crippen LogP contribution in [-0.2, 0) is 14.4 Å². The fourth-order valence-electron chi connectivity index (χ4n) is 1.05. The van der Waals surface area contributed by atoms with Crippen molar-refractivity contribution in [3.63, 3.8) is 0 Å². The largest absolute Gasteiger partial charge is 0.283 e. The van der Waals surface area contributed by atoms with Gasteiger partial charge in [0.05, 0.1) is 5.75 Å². The number of hydrogen-bond donors (Lipinski definition) is 1. The van der Waals surface area contributed by atoms with Crippen molar-refractivity contribution in [1.82, 2.24) is 5.48 Å². The predicted octanol–water partition coefficient (Wildman–Crippen LogP) is 1.83. The van der Waals surface area contributed by atoms with E-state index in [4.69, 9.17) is 0 Å². The summed E-state index contributed by atoms with van der Waals surface area (Å²) in [7, 11) is -3.34. The van der Waals surface area contributed by atoms with Crippen molar-refractivity contribution in [2.24, 2.45) is 0 Å². The highest BCUT2D eigenvalue weighted by Gasteiger charge is 2.08. The van der Waals surface area contributed by atoms with Gasteiger partial charge in [-0.1, -0.05) is 33.1 Å². The van der Waals surface area contributed by atoms with Crippen molar-refractivity contribution in [3.05, 3.63) is 0 Å². The first-order valence-electron chi connectivity index (χ1n) is 5.26. The monoisotopic (exact) mass is 223 g/mol. The molecule has 86 valence electrons. The Morgan fingerprint density at radius 1 is 1.07 bits per heavy atom. The highest BCUT2D eigenvalue weighted by atomic mass is 32.2. The second-order valence-electron chi connectivity index (χ2n) is 3.30. The molecular formula is C9H21NO3S. The average Bonchev–Trinajstić information content (AvgIpc) is 2.11. The minimum atomic E-state index is -3.34. The van der Waals surface area contributed by atoms with Crippen LogP contribution in [0, 0.1) is 0 Å². The Bertz CT molecular complexity index is 214. The summed E-state index contributed by atoms with van der Waals surface area (Å²) < 4.78 is 26.6. The van der Waals surface area contributed by atoms with E-state index in [1.807, 2.05) is 6.92 Å². The molecule has 5 heteroatoms. The quantitative estimate of drug-likeness (QED) is 0.478. The van der Waals surface area contributed by atoms with Gasteiger partial charge in [0.2, 0.25) is 0 Å². The molecule has 0 heterocycles. The summed E-state index contributed by atoms with van der Waals surface area (Å²) in [6.45, 7) is 4.54. The smallest absolute Gasteiger partial charge is 0.198 e. The molecule has 0 saturated heterocycles. The highest BCUT2D eigenvalue weighted by Crippen LogP contribution is 1.98. The second kappa shape index (κ2) is 8.20. The van der Waals surface area contributed by atoms with Gasteiger partial charge in [-0.3, -0.25) is 0 Å². The topological polar surface area (TPSA) is 55.4 Å². The fourth-order valence-corrected chi connectivity index (χ4v) is 1.89. The summed E-state index contributed by atoms with van der Waals surface area (Å²) in [5.41, 5.74) is 2.48. The van der Waals surface area contributed by atoms with Gasteiger partial charge in [0, 0.05) is 6.54 Å². The lowest BCUT2D eigenvalue weighted by molar-refractivity contribution is 0.201. The number of hydrogen-bond acceptors (Lipinski definition) is 4. The zero-order valence-electron chi connectivity index (χ0n) is 9.08. The molecule has 0 spiro atoms. The fraction of sp³-hybridized carbons (Fsp3) is 1.00. The van der Waals surface area contributed by atoms with Gasteiger partial charge >= 0.3 is 0 Å². The summed E-state index contributed by atoms with van der Waals surface area (Å²) in [6.07, 6.45) is 5.01. The van der Waals surface area contributed by atoms with Crippen molar-refractivity contribution in [1.29, 1.82) is 0 Å². The minimum absolute atomic E-state index is 0.0783. The lowest BCUT2D eigenvalue weighted by Crippen LogP contribution is -2.23. The van der Waals surface area contributed by atoms with Gasteiger partial charge in [0.1, 0.15) is 0 Å². The van der Waals surface area contributed by atoms with Crippen LogP contribution in [0.15, 0.2) is 0 Å². The number of hydroxylamine groups is 1. The number of rotatable bonds is 9. The molecule has 0 aromatic carbocycles. The predicted molar refractivity (Wildman–Crippen MR) is 57.3 cm³/mol. The average molecular weight is 223 g/mol. The molecule has 0 aliphatic carbocycles. The summed E-state index contributed by atoms with van der Waals surface area (Å²) in [5.74, 6) is 0.0783. The van der Waals surface area contributed by atoms with Crippen molar-refractivity contribution in [3.8, 4) is 0 Å². The molecule has 0 aliphatic heterocycles. The van der Waals surface area contributed by atoms with Gasteiger partial charge < -0.3 is 0 Å². The van der Waals surface area contributed by atoms with Crippen LogP contribution >= 0.6 is 0 Å². The zero-order chi connectivity index (χ0) is 10.9. The van der Waals surface area contributed by atoms with E-state index < -0.39 is 10.1 Å². The van der Waals surface area contributed by atoms with Gasteiger partial charge in [-0.05, 0) is 12.8 Å². The Morgan fingerprint density at radius 2 is 1.79 bits per heavy atom. The number of unbranched alkanes of at least 4 members (excludes halogenated alkanes) is 3. The standard InChI is InChI=1S/C9H21NO3S/c1-3-5-6-7-8-10-13-14(11,12)9-4-2/h10H,3-9H2,1-2H3. The van der Waals surface area contributed by atoms with E-state index >= 15 is 0 Å². The van der Waals surface area contributed by atoms with Crippen LogP contribution in [0.25, 0.3) is 0 Å². The molecule has 0 unspecified atom stereocenters. The molecule has 0 fully saturated rings. The van der Waals surface area contributed by atoms with Crippen molar-refractivity contribution in [2.45, 2.75) is 46.0 Å². The molecule has 0 aromatic rings. The maximum absolute atomic E-state index is 11.0. The molecule has 0 amide bonds.